The maximum absolute atomic E-state index is 12.0. The fourth-order valence-corrected chi connectivity index (χ4v) is 3.07. The van der Waals surface area contributed by atoms with Gasteiger partial charge in [-0.05, 0) is 16.7 Å². The van der Waals surface area contributed by atoms with Crippen LogP contribution >= 0.6 is 12.6 Å². The lowest BCUT2D eigenvalue weighted by Crippen LogP contribution is -2.39. The highest BCUT2D eigenvalue weighted by atomic mass is 32.1. The van der Waals surface area contributed by atoms with Crippen molar-refractivity contribution in [1.29, 1.82) is 0 Å². The number of hydrogen-bond acceptors (Lipinski definition) is 2. The molecular weight excluding hydrogens is 266 g/mol. The van der Waals surface area contributed by atoms with Crippen LogP contribution in [0.4, 0.5) is 0 Å². The zero-order valence-corrected chi connectivity index (χ0v) is 12.1. The molecule has 3 rings (SSSR count). The van der Waals surface area contributed by atoms with E-state index in [1.54, 1.807) is 0 Å². The Hall–Kier alpha value is -1.74. The number of carbonyl (C=O) groups excluding carboxylic acids is 1. The average molecular weight is 283 g/mol. The Kier molecular flexibility index (Phi) is 3.79. The molecule has 102 valence electrons. The molecule has 1 amide bonds. The molecule has 1 aliphatic rings. The lowest BCUT2D eigenvalue weighted by Gasteiger charge is -2.35. The Morgan fingerprint density at radius 2 is 1.80 bits per heavy atom. The van der Waals surface area contributed by atoms with Crippen LogP contribution in [0, 0.1) is 0 Å². The highest BCUT2D eigenvalue weighted by Crippen LogP contribution is 2.33. The molecule has 1 atom stereocenters. The van der Waals surface area contributed by atoms with Gasteiger partial charge in [0.2, 0.25) is 5.91 Å². The monoisotopic (exact) mass is 283 g/mol. The van der Waals surface area contributed by atoms with E-state index in [2.05, 4.69) is 55.1 Å². The molecule has 0 aromatic heterocycles. The van der Waals surface area contributed by atoms with Crippen LogP contribution in [-0.4, -0.2) is 23.1 Å². The molecule has 0 aliphatic carbocycles. The third-order valence-corrected chi connectivity index (χ3v) is 4.16. The first-order valence-corrected chi connectivity index (χ1v) is 7.44. The van der Waals surface area contributed by atoms with Gasteiger partial charge in [0.25, 0.3) is 0 Å². The quantitative estimate of drug-likeness (QED) is 0.840. The van der Waals surface area contributed by atoms with E-state index in [-0.39, 0.29) is 17.6 Å². The van der Waals surface area contributed by atoms with Gasteiger partial charge < -0.3 is 4.90 Å². The van der Waals surface area contributed by atoms with Gasteiger partial charge in [-0.1, -0.05) is 54.6 Å². The Morgan fingerprint density at radius 1 is 1.10 bits per heavy atom. The molecule has 0 radical (unpaired) electrons. The Bertz CT molecular complexity index is 611. The van der Waals surface area contributed by atoms with Gasteiger partial charge in [0.15, 0.2) is 0 Å². The summed E-state index contributed by atoms with van der Waals surface area (Å²) in [7, 11) is 0. The van der Waals surface area contributed by atoms with Gasteiger partial charge in [0.1, 0.15) is 0 Å². The van der Waals surface area contributed by atoms with Crippen molar-refractivity contribution in [3.05, 3.63) is 71.3 Å². The number of carbonyl (C=O) groups is 1. The van der Waals surface area contributed by atoms with Gasteiger partial charge in [-0.2, -0.15) is 12.6 Å². The van der Waals surface area contributed by atoms with Crippen molar-refractivity contribution >= 4 is 18.5 Å². The van der Waals surface area contributed by atoms with Crippen LogP contribution in [0.5, 0.6) is 0 Å². The van der Waals surface area contributed by atoms with Crippen molar-refractivity contribution in [2.75, 3.05) is 12.3 Å². The predicted octanol–water partition coefficient (Wildman–Crippen LogP) is 3.09. The van der Waals surface area contributed by atoms with E-state index >= 15 is 0 Å². The minimum Gasteiger partial charge on any atom is -0.337 e. The van der Waals surface area contributed by atoms with Crippen LogP contribution in [0.15, 0.2) is 54.6 Å². The zero-order valence-electron chi connectivity index (χ0n) is 11.2. The second-order valence-corrected chi connectivity index (χ2v) is 5.41. The molecule has 0 saturated heterocycles. The van der Waals surface area contributed by atoms with Crippen LogP contribution in [-0.2, 0) is 11.3 Å². The molecule has 2 aromatic carbocycles. The molecule has 2 nitrogen and oxygen atoms in total. The molecule has 0 N–H and O–H groups in total. The van der Waals surface area contributed by atoms with Crippen LogP contribution in [0.3, 0.4) is 0 Å². The third kappa shape index (κ3) is 2.46. The Labute approximate surface area is 124 Å². The van der Waals surface area contributed by atoms with E-state index in [4.69, 9.17) is 0 Å². The van der Waals surface area contributed by atoms with Crippen molar-refractivity contribution in [2.24, 2.45) is 0 Å². The normalized spacial score (nSPS) is 17.6. The number of rotatable bonds is 2. The summed E-state index contributed by atoms with van der Waals surface area (Å²) in [6.07, 6.45) is 0. The molecule has 3 heteroatoms. The first-order chi connectivity index (χ1) is 9.79. The molecule has 0 unspecified atom stereocenters. The summed E-state index contributed by atoms with van der Waals surface area (Å²) in [6.45, 7) is 1.43. The van der Waals surface area contributed by atoms with Crippen molar-refractivity contribution < 1.29 is 4.79 Å². The Morgan fingerprint density at radius 3 is 2.55 bits per heavy atom. The van der Waals surface area contributed by atoms with Crippen molar-refractivity contribution in [3.8, 4) is 0 Å². The van der Waals surface area contributed by atoms with Gasteiger partial charge in [-0.3, -0.25) is 4.79 Å². The molecule has 0 fully saturated rings. The zero-order chi connectivity index (χ0) is 13.9. The maximum atomic E-state index is 12.0. The second kappa shape index (κ2) is 5.71. The largest absolute Gasteiger partial charge is 0.337 e. The standard InChI is InChI=1S/C17H17NOS/c19-17(12-20)18-10-14-8-4-5-9-15(14)16(11-18)13-6-2-1-3-7-13/h1-9,16,20H,10-12H2/t16-/m0/s1. The van der Waals surface area contributed by atoms with Crippen LogP contribution in [0.25, 0.3) is 0 Å². The second-order valence-electron chi connectivity index (χ2n) is 5.09. The van der Waals surface area contributed by atoms with E-state index in [0.29, 0.717) is 6.54 Å². The topological polar surface area (TPSA) is 20.3 Å². The van der Waals surface area contributed by atoms with Crippen LogP contribution < -0.4 is 0 Å². The molecule has 1 heterocycles. The first-order valence-electron chi connectivity index (χ1n) is 6.81. The minimum atomic E-state index is 0.101. The molecular formula is C17H17NOS. The van der Waals surface area contributed by atoms with Gasteiger partial charge in [0.05, 0.1) is 5.75 Å². The van der Waals surface area contributed by atoms with E-state index in [0.717, 1.165) is 6.54 Å². The lowest BCUT2D eigenvalue weighted by molar-refractivity contribution is -0.129. The SMILES string of the molecule is O=C(CS)N1Cc2ccccc2[C@H](c2ccccc2)C1. The smallest absolute Gasteiger partial charge is 0.232 e. The Balaban J connectivity index is 2.02. The first kappa shape index (κ1) is 13.3. The summed E-state index contributed by atoms with van der Waals surface area (Å²) in [4.78, 5) is 13.9. The van der Waals surface area contributed by atoms with Gasteiger partial charge in [0, 0.05) is 19.0 Å². The molecule has 0 spiro atoms. The van der Waals surface area contributed by atoms with Gasteiger partial charge in [-0.15, -0.1) is 0 Å². The van der Waals surface area contributed by atoms with E-state index in [9.17, 15) is 4.79 Å². The van der Waals surface area contributed by atoms with Crippen molar-refractivity contribution in [3.63, 3.8) is 0 Å². The van der Waals surface area contributed by atoms with E-state index < -0.39 is 0 Å². The van der Waals surface area contributed by atoms with E-state index in [1.165, 1.54) is 16.7 Å². The number of hydrogen-bond donors (Lipinski definition) is 1. The number of benzene rings is 2. The van der Waals surface area contributed by atoms with Crippen LogP contribution in [0.1, 0.15) is 22.6 Å². The highest BCUT2D eigenvalue weighted by Gasteiger charge is 2.28. The van der Waals surface area contributed by atoms with E-state index in [1.807, 2.05) is 17.0 Å². The third-order valence-electron chi connectivity index (χ3n) is 3.88. The fraction of sp³-hybridized carbons (Fsp3) is 0.235. The summed E-state index contributed by atoms with van der Waals surface area (Å²) in [5.74, 6) is 0.623. The molecule has 2 aromatic rings. The number of thiol groups is 1. The molecule has 0 bridgehead atoms. The predicted molar refractivity (Wildman–Crippen MR) is 84.0 cm³/mol. The molecule has 20 heavy (non-hydrogen) atoms. The minimum absolute atomic E-state index is 0.101. The van der Waals surface area contributed by atoms with Crippen molar-refractivity contribution in [1.82, 2.24) is 4.90 Å². The lowest BCUT2D eigenvalue weighted by atomic mass is 9.85. The highest BCUT2D eigenvalue weighted by molar-refractivity contribution is 7.81. The van der Waals surface area contributed by atoms with Crippen LogP contribution in [0.2, 0.25) is 0 Å². The summed E-state index contributed by atoms with van der Waals surface area (Å²) in [5, 5.41) is 0. The number of amides is 1. The molecule has 0 saturated carbocycles. The summed E-state index contributed by atoms with van der Waals surface area (Å²) in [6, 6.07) is 18.8. The number of fused-ring (bicyclic) bond motifs is 1. The fourth-order valence-electron chi connectivity index (χ4n) is 2.87. The average Bonchev–Trinajstić information content (AvgIpc) is 2.54. The number of nitrogens with zero attached hydrogens (tertiary/aromatic N) is 1. The van der Waals surface area contributed by atoms with Crippen molar-refractivity contribution in [2.45, 2.75) is 12.5 Å². The molecule has 1 aliphatic heterocycles. The maximum Gasteiger partial charge on any atom is 0.232 e. The summed E-state index contributed by atoms with van der Waals surface area (Å²) >= 11 is 4.12. The summed E-state index contributed by atoms with van der Waals surface area (Å²) in [5.41, 5.74) is 3.83. The van der Waals surface area contributed by atoms with Gasteiger partial charge in [-0.25, -0.2) is 0 Å². The summed E-state index contributed by atoms with van der Waals surface area (Å²) < 4.78 is 0. The van der Waals surface area contributed by atoms with Gasteiger partial charge >= 0.3 is 0 Å².